The van der Waals surface area contributed by atoms with Gasteiger partial charge in [-0.25, -0.2) is 16.8 Å². The molecular formula is C17H11ClFNO3S. The molecule has 122 valence electrons. The molecule has 1 aromatic heterocycles. The van der Waals surface area contributed by atoms with Crippen molar-refractivity contribution >= 4 is 27.9 Å². The number of rotatable bonds is 4. The van der Waals surface area contributed by atoms with Gasteiger partial charge in [-0.2, -0.15) is 0 Å². The number of hydrogen-bond donors (Lipinski definition) is 0. The number of benzene rings is 2. The molecule has 0 bridgehead atoms. The minimum atomic E-state index is -3.96. The van der Waals surface area contributed by atoms with Crippen LogP contribution in [0.2, 0.25) is 5.02 Å². The fourth-order valence-electron chi connectivity index (χ4n) is 2.31. The first-order valence-corrected chi connectivity index (χ1v) is 8.68. The Morgan fingerprint density at radius 3 is 2.38 bits per heavy atom. The quantitative estimate of drug-likeness (QED) is 0.658. The summed E-state index contributed by atoms with van der Waals surface area (Å²) in [5.41, 5.74) is 0.721. The molecule has 0 radical (unpaired) electrons. The van der Waals surface area contributed by atoms with Crippen LogP contribution in [-0.4, -0.2) is 18.7 Å². The lowest BCUT2D eigenvalue weighted by Gasteiger charge is -2.11. The van der Waals surface area contributed by atoms with Crippen LogP contribution in [0.1, 0.15) is 10.4 Å². The molecular weight excluding hydrogens is 353 g/mol. The molecule has 4 nitrogen and oxygen atoms in total. The summed E-state index contributed by atoms with van der Waals surface area (Å²) in [6, 6.07) is 12.6. The first-order chi connectivity index (χ1) is 11.4. The molecule has 0 saturated carbocycles. The molecule has 2 aromatic carbocycles. The second kappa shape index (κ2) is 6.22. The van der Waals surface area contributed by atoms with Gasteiger partial charge in [0.05, 0.1) is 10.6 Å². The highest BCUT2D eigenvalue weighted by Crippen LogP contribution is 2.27. The fraction of sp³-hybridized carbons (Fsp3) is 0. The predicted molar refractivity (Wildman–Crippen MR) is 89.2 cm³/mol. The average Bonchev–Trinajstić information content (AvgIpc) is 3.00. The van der Waals surface area contributed by atoms with Gasteiger partial charge in [-0.1, -0.05) is 23.7 Å². The van der Waals surface area contributed by atoms with E-state index >= 15 is 0 Å². The summed E-state index contributed by atoms with van der Waals surface area (Å²) in [6.45, 7) is 0. The van der Waals surface area contributed by atoms with E-state index in [0.29, 0.717) is 16.9 Å². The summed E-state index contributed by atoms with van der Waals surface area (Å²) >= 11 is 5.79. The van der Waals surface area contributed by atoms with Crippen molar-refractivity contribution in [3.05, 3.63) is 77.2 Å². The molecule has 0 unspecified atom stereocenters. The highest BCUT2D eigenvalue weighted by molar-refractivity contribution is 7.90. The van der Waals surface area contributed by atoms with Crippen molar-refractivity contribution in [1.82, 2.24) is 3.97 Å². The molecule has 0 atom stereocenters. The van der Waals surface area contributed by atoms with E-state index in [-0.39, 0.29) is 16.2 Å². The Balaban J connectivity index is 2.22. The van der Waals surface area contributed by atoms with E-state index in [1.165, 1.54) is 54.7 Å². The molecule has 7 heteroatoms. The second-order valence-electron chi connectivity index (χ2n) is 5.04. The molecule has 0 N–H and O–H groups in total. The Kier molecular flexibility index (Phi) is 4.26. The smallest absolute Gasteiger partial charge is 0.268 e. The number of aromatic nitrogens is 1. The number of halogens is 2. The number of nitrogens with zero attached hydrogens (tertiary/aromatic N) is 1. The summed E-state index contributed by atoms with van der Waals surface area (Å²) < 4.78 is 40.2. The van der Waals surface area contributed by atoms with Crippen molar-refractivity contribution in [2.24, 2.45) is 0 Å². The SMILES string of the molecule is O=Cc1cc(-c2cccc(F)c2)n(S(=O)(=O)c2ccc(Cl)cc2)c1. The highest BCUT2D eigenvalue weighted by atomic mass is 35.5. The van der Waals surface area contributed by atoms with E-state index in [4.69, 9.17) is 11.6 Å². The maximum atomic E-state index is 13.5. The average molecular weight is 364 g/mol. The van der Waals surface area contributed by atoms with Crippen molar-refractivity contribution in [1.29, 1.82) is 0 Å². The minimum Gasteiger partial charge on any atom is -0.298 e. The number of hydrogen-bond acceptors (Lipinski definition) is 3. The molecule has 0 fully saturated rings. The molecule has 1 heterocycles. The lowest BCUT2D eigenvalue weighted by molar-refractivity contribution is 0.112. The molecule has 0 spiro atoms. The van der Waals surface area contributed by atoms with Crippen LogP contribution in [0, 0.1) is 5.82 Å². The Labute approximate surface area is 143 Å². The van der Waals surface area contributed by atoms with Gasteiger partial charge in [0.25, 0.3) is 10.0 Å². The molecule has 24 heavy (non-hydrogen) atoms. The van der Waals surface area contributed by atoms with Gasteiger partial charge in [0.1, 0.15) is 5.82 Å². The fourth-order valence-corrected chi connectivity index (χ4v) is 3.82. The summed E-state index contributed by atoms with van der Waals surface area (Å²) in [4.78, 5) is 11.1. The third kappa shape index (κ3) is 2.98. The highest BCUT2D eigenvalue weighted by Gasteiger charge is 2.22. The van der Waals surface area contributed by atoms with Gasteiger partial charge in [-0.15, -0.1) is 0 Å². The van der Waals surface area contributed by atoms with E-state index in [1.807, 2.05) is 0 Å². The van der Waals surface area contributed by atoms with Crippen LogP contribution in [0.4, 0.5) is 4.39 Å². The summed E-state index contributed by atoms with van der Waals surface area (Å²) in [6.07, 6.45) is 1.74. The van der Waals surface area contributed by atoms with Gasteiger partial charge >= 0.3 is 0 Å². The molecule has 3 aromatic rings. The first kappa shape index (κ1) is 16.4. The van der Waals surface area contributed by atoms with Crippen molar-refractivity contribution in [3.63, 3.8) is 0 Å². The topological polar surface area (TPSA) is 56.1 Å². The lowest BCUT2D eigenvalue weighted by atomic mass is 10.1. The molecule has 0 saturated heterocycles. The van der Waals surface area contributed by atoms with Gasteiger partial charge in [0.15, 0.2) is 6.29 Å². The molecule has 0 aliphatic heterocycles. The van der Waals surface area contributed by atoms with Crippen LogP contribution in [0.3, 0.4) is 0 Å². The van der Waals surface area contributed by atoms with Gasteiger partial charge in [-0.3, -0.25) is 4.79 Å². The predicted octanol–water partition coefficient (Wildman–Crippen LogP) is 4.00. The standard InChI is InChI=1S/C17H11ClFNO3S/c18-14-4-6-16(7-5-14)24(22,23)20-10-12(11-21)8-17(20)13-2-1-3-15(19)9-13/h1-11H. The monoisotopic (exact) mass is 363 g/mol. The third-order valence-electron chi connectivity index (χ3n) is 3.43. The summed E-state index contributed by atoms with van der Waals surface area (Å²) in [5.74, 6) is -0.503. The van der Waals surface area contributed by atoms with E-state index in [1.54, 1.807) is 6.07 Å². The number of carbonyl (C=O) groups excluding carboxylic acids is 1. The number of aldehydes is 1. The van der Waals surface area contributed by atoms with Crippen molar-refractivity contribution in [2.75, 3.05) is 0 Å². The molecule has 0 amide bonds. The van der Waals surface area contributed by atoms with Crippen LogP contribution >= 0.6 is 11.6 Å². The Bertz CT molecular complexity index is 1010. The van der Waals surface area contributed by atoms with E-state index in [2.05, 4.69) is 0 Å². The summed E-state index contributed by atoms with van der Waals surface area (Å²) in [7, 11) is -3.96. The maximum absolute atomic E-state index is 13.5. The van der Waals surface area contributed by atoms with Crippen LogP contribution in [0.5, 0.6) is 0 Å². The zero-order valence-corrected chi connectivity index (χ0v) is 13.8. The van der Waals surface area contributed by atoms with Crippen molar-refractivity contribution < 1.29 is 17.6 Å². The minimum absolute atomic E-state index is 0.0117. The van der Waals surface area contributed by atoms with Gasteiger partial charge in [0, 0.05) is 22.3 Å². The van der Waals surface area contributed by atoms with Gasteiger partial charge in [0.2, 0.25) is 0 Å². The van der Waals surface area contributed by atoms with E-state index in [9.17, 15) is 17.6 Å². The lowest BCUT2D eigenvalue weighted by Crippen LogP contribution is -2.13. The van der Waals surface area contributed by atoms with Crippen molar-refractivity contribution in [2.45, 2.75) is 4.90 Å². The van der Waals surface area contributed by atoms with E-state index in [0.717, 1.165) is 3.97 Å². The van der Waals surface area contributed by atoms with Crippen LogP contribution in [0.15, 0.2) is 65.7 Å². The first-order valence-electron chi connectivity index (χ1n) is 6.86. The zero-order valence-electron chi connectivity index (χ0n) is 12.2. The normalized spacial score (nSPS) is 11.4. The molecule has 0 aliphatic rings. The molecule has 0 aliphatic carbocycles. The zero-order chi connectivity index (χ0) is 17.3. The molecule has 3 rings (SSSR count). The number of carbonyl (C=O) groups is 1. The largest absolute Gasteiger partial charge is 0.298 e. The van der Waals surface area contributed by atoms with Crippen LogP contribution in [-0.2, 0) is 10.0 Å². The Morgan fingerprint density at radius 2 is 1.75 bits per heavy atom. The van der Waals surface area contributed by atoms with Crippen LogP contribution in [0.25, 0.3) is 11.3 Å². The summed E-state index contributed by atoms with van der Waals surface area (Å²) in [5, 5.41) is 0.403. The Morgan fingerprint density at radius 1 is 1.04 bits per heavy atom. The van der Waals surface area contributed by atoms with Gasteiger partial charge in [-0.05, 0) is 42.5 Å². The maximum Gasteiger partial charge on any atom is 0.268 e. The van der Waals surface area contributed by atoms with E-state index < -0.39 is 15.8 Å². The van der Waals surface area contributed by atoms with Gasteiger partial charge < -0.3 is 0 Å². The van der Waals surface area contributed by atoms with Crippen molar-refractivity contribution in [3.8, 4) is 11.3 Å². The third-order valence-corrected chi connectivity index (χ3v) is 5.37. The second-order valence-corrected chi connectivity index (χ2v) is 7.29. The Hall–Kier alpha value is -2.44. The van der Waals surface area contributed by atoms with Crippen LogP contribution < -0.4 is 0 Å².